The van der Waals surface area contributed by atoms with Gasteiger partial charge in [0.15, 0.2) is 11.8 Å². The number of aliphatic hydroxyl groups excluding tert-OH is 2. The van der Waals surface area contributed by atoms with Crippen LogP contribution in [0.3, 0.4) is 0 Å². The second-order valence-electron chi connectivity index (χ2n) is 6.30. The first-order chi connectivity index (χ1) is 10.6. The SMILES string of the molecule is NC1=Nc2c(ncn2/C=C2/CC2(CO)CO)C(NC2CC2)N1. The van der Waals surface area contributed by atoms with Crippen molar-refractivity contribution < 1.29 is 10.2 Å². The van der Waals surface area contributed by atoms with Crippen LogP contribution in [0.25, 0.3) is 6.20 Å². The molecule has 0 bridgehead atoms. The number of imidazole rings is 1. The van der Waals surface area contributed by atoms with Gasteiger partial charge in [-0.05, 0) is 24.8 Å². The maximum absolute atomic E-state index is 9.39. The van der Waals surface area contributed by atoms with Gasteiger partial charge in [0.05, 0.1) is 13.2 Å². The van der Waals surface area contributed by atoms with Crippen LogP contribution in [0.4, 0.5) is 5.82 Å². The first-order valence-electron chi connectivity index (χ1n) is 7.51. The van der Waals surface area contributed by atoms with Crippen molar-refractivity contribution in [1.82, 2.24) is 20.2 Å². The van der Waals surface area contributed by atoms with Gasteiger partial charge in [-0.15, -0.1) is 0 Å². The van der Waals surface area contributed by atoms with Crippen LogP contribution in [0.2, 0.25) is 0 Å². The molecule has 2 heterocycles. The van der Waals surface area contributed by atoms with Crippen molar-refractivity contribution in [1.29, 1.82) is 0 Å². The van der Waals surface area contributed by atoms with Crippen LogP contribution in [0, 0.1) is 5.41 Å². The van der Waals surface area contributed by atoms with Gasteiger partial charge in [-0.2, -0.15) is 4.99 Å². The highest BCUT2D eigenvalue weighted by Crippen LogP contribution is 2.51. The van der Waals surface area contributed by atoms with E-state index in [1.54, 1.807) is 6.33 Å². The summed E-state index contributed by atoms with van der Waals surface area (Å²) in [4.78, 5) is 8.78. The molecule has 0 spiro atoms. The third kappa shape index (κ3) is 2.20. The van der Waals surface area contributed by atoms with Crippen LogP contribution < -0.4 is 16.4 Å². The molecule has 0 radical (unpaired) electrons. The Kier molecular flexibility index (Phi) is 3.00. The molecule has 1 unspecified atom stereocenters. The van der Waals surface area contributed by atoms with Crippen molar-refractivity contribution in [3.63, 3.8) is 0 Å². The van der Waals surface area contributed by atoms with Crippen LogP contribution in [0.15, 0.2) is 16.9 Å². The van der Waals surface area contributed by atoms with Crippen molar-refractivity contribution in [2.24, 2.45) is 16.1 Å². The van der Waals surface area contributed by atoms with Crippen LogP contribution in [-0.2, 0) is 0 Å². The van der Waals surface area contributed by atoms with E-state index in [4.69, 9.17) is 5.73 Å². The lowest BCUT2D eigenvalue weighted by Crippen LogP contribution is -2.44. The molecule has 0 amide bonds. The van der Waals surface area contributed by atoms with Gasteiger partial charge in [-0.25, -0.2) is 4.98 Å². The summed E-state index contributed by atoms with van der Waals surface area (Å²) in [7, 11) is 0. The monoisotopic (exact) mass is 304 g/mol. The van der Waals surface area contributed by atoms with Gasteiger partial charge in [0.25, 0.3) is 0 Å². The summed E-state index contributed by atoms with van der Waals surface area (Å²) in [6.07, 6.45) is 6.48. The second-order valence-corrected chi connectivity index (χ2v) is 6.30. The number of nitrogens with two attached hydrogens (primary N) is 1. The van der Waals surface area contributed by atoms with E-state index >= 15 is 0 Å². The molecule has 8 nitrogen and oxygen atoms in total. The Morgan fingerprint density at radius 3 is 2.86 bits per heavy atom. The van der Waals surface area contributed by atoms with Gasteiger partial charge >= 0.3 is 0 Å². The van der Waals surface area contributed by atoms with E-state index in [-0.39, 0.29) is 19.4 Å². The first-order valence-corrected chi connectivity index (χ1v) is 7.51. The normalized spacial score (nSPS) is 27.3. The molecule has 2 fully saturated rings. The van der Waals surface area contributed by atoms with E-state index in [1.807, 2.05) is 10.8 Å². The molecular weight excluding hydrogens is 284 g/mol. The molecule has 0 aromatic carbocycles. The van der Waals surface area contributed by atoms with Gasteiger partial charge in [0, 0.05) is 17.7 Å². The minimum Gasteiger partial charge on any atom is -0.395 e. The maximum atomic E-state index is 9.39. The topological polar surface area (TPSA) is 121 Å². The van der Waals surface area contributed by atoms with E-state index < -0.39 is 5.41 Å². The van der Waals surface area contributed by atoms with Crippen molar-refractivity contribution >= 4 is 18.0 Å². The number of hydrogen-bond donors (Lipinski definition) is 5. The van der Waals surface area contributed by atoms with Gasteiger partial charge in [-0.3, -0.25) is 9.88 Å². The van der Waals surface area contributed by atoms with Gasteiger partial charge in [-0.1, -0.05) is 0 Å². The summed E-state index contributed by atoms with van der Waals surface area (Å²) < 4.78 is 1.81. The van der Waals surface area contributed by atoms with Crippen molar-refractivity contribution in [2.45, 2.75) is 31.5 Å². The molecule has 1 aliphatic heterocycles. The third-order valence-corrected chi connectivity index (χ3v) is 4.55. The molecule has 4 rings (SSSR count). The molecule has 118 valence electrons. The lowest BCUT2D eigenvalue weighted by Gasteiger charge is -2.23. The summed E-state index contributed by atoms with van der Waals surface area (Å²) in [6.45, 7) is -0.101. The largest absolute Gasteiger partial charge is 0.395 e. The molecule has 22 heavy (non-hydrogen) atoms. The minimum atomic E-state index is -0.481. The van der Waals surface area contributed by atoms with Crippen molar-refractivity contribution in [3.8, 4) is 0 Å². The Balaban J connectivity index is 1.64. The van der Waals surface area contributed by atoms with Crippen LogP contribution >= 0.6 is 0 Å². The number of aliphatic hydroxyl groups is 2. The summed E-state index contributed by atoms with van der Waals surface area (Å²) in [5, 5.41) is 25.3. The van der Waals surface area contributed by atoms with Gasteiger partial charge in [0.2, 0.25) is 0 Å². The summed E-state index contributed by atoms with van der Waals surface area (Å²) in [5.74, 6) is 1.05. The van der Waals surface area contributed by atoms with E-state index in [0.29, 0.717) is 24.2 Å². The Hall–Kier alpha value is -1.90. The average Bonchev–Trinajstić information content (AvgIpc) is 3.40. The number of aliphatic imine (C=N–C) groups is 1. The number of hydrogen-bond acceptors (Lipinski definition) is 7. The zero-order valence-corrected chi connectivity index (χ0v) is 12.2. The van der Waals surface area contributed by atoms with Crippen molar-refractivity contribution in [2.75, 3.05) is 13.2 Å². The molecular formula is C14H20N6O2. The number of nitrogens with one attached hydrogen (secondary N) is 2. The van der Waals surface area contributed by atoms with E-state index in [9.17, 15) is 10.2 Å². The zero-order valence-electron chi connectivity index (χ0n) is 12.2. The number of guanidine groups is 1. The lowest BCUT2D eigenvalue weighted by atomic mass is 10.1. The lowest BCUT2D eigenvalue weighted by molar-refractivity contribution is 0.143. The fourth-order valence-electron chi connectivity index (χ4n) is 2.79. The molecule has 1 aromatic heterocycles. The standard InChI is InChI=1S/C14H20N6O2/c15-13-18-11(17-9-1-2-9)10-12(19-13)20(7-16-10)4-8-3-14(8,5-21)6-22/h4,7,9,11,17,21-22H,1-3,5-6H2,(H3,15,18,19)/b8-4-. The fourth-order valence-corrected chi connectivity index (χ4v) is 2.79. The third-order valence-electron chi connectivity index (χ3n) is 4.55. The Labute approximate surface area is 127 Å². The van der Waals surface area contributed by atoms with Crippen molar-refractivity contribution in [3.05, 3.63) is 17.6 Å². The zero-order chi connectivity index (χ0) is 15.3. The summed E-state index contributed by atoms with van der Waals surface area (Å²) in [6, 6.07) is 0.514. The molecule has 6 N–H and O–H groups in total. The Morgan fingerprint density at radius 2 is 2.23 bits per heavy atom. The second kappa shape index (κ2) is 4.80. The predicted molar refractivity (Wildman–Crippen MR) is 81.0 cm³/mol. The highest BCUT2D eigenvalue weighted by atomic mass is 16.3. The number of aromatic nitrogens is 2. The highest BCUT2D eigenvalue weighted by Gasteiger charge is 2.48. The molecule has 8 heteroatoms. The number of rotatable bonds is 5. The predicted octanol–water partition coefficient (Wildman–Crippen LogP) is -0.601. The van der Waals surface area contributed by atoms with Crippen LogP contribution in [-0.4, -0.2) is 45.0 Å². The minimum absolute atomic E-state index is 0.0506. The Bertz CT molecular complexity index is 656. The van der Waals surface area contributed by atoms with E-state index in [1.165, 1.54) is 12.8 Å². The first kappa shape index (κ1) is 13.7. The van der Waals surface area contributed by atoms with Crippen LogP contribution in [0.1, 0.15) is 31.1 Å². The van der Waals surface area contributed by atoms with E-state index in [2.05, 4.69) is 20.6 Å². The summed E-state index contributed by atoms with van der Waals surface area (Å²) >= 11 is 0. The van der Waals surface area contributed by atoms with E-state index in [0.717, 1.165) is 11.3 Å². The summed E-state index contributed by atoms with van der Waals surface area (Å²) in [5.41, 5.74) is 7.21. The molecule has 2 aliphatic carbocycles. The Morgan fingerprint density at radius 1 is 1.45 bits per heavy atom. The maximum Gasteiger partial charge on any atom is 0.196 e. The molecule has 1 atom stereocenters. The number of nitrogens with zero attached hydrogens (tertiary/aromatic N) is 3. The van der Waals surface area contributed by atoms with Gasteiger partial charge < -0.3 is 21.3 Å². The quantitative estimate of drug-likeness (QED) is 0.495. The highest BCUT2D eigenvalue weighted by molar-refractivity contribution is 5.83. The number of fused-ring (bicyclic) bond motifs is 1. The van der Waals surface area contributed by atoms with Crippen LogP contribution in [0.5, 0.6) is 0 Å². The molecule has 2 saturated carbocycles. The fraction of sp³-hybridized carbons (Fsp3) is 0.571. The molecule has 1 aromatic rings. The molecule has 0 saturated heterocycles. The average molecular weight is 304 g/mol. The van der Waals surface area contributed by atoms with Gasteiger partial charge in [0.1, 0.15) is 18.2 Å². The molecule has 3 aliphatic rings. The smallest absolute Gasteiger partial charge is 0.196 e.